The van der Waals surface area contributed by atoms with Gasteiger partial charge in [-0.1, -0.05) is 49.6 Å². The van der Waals surface area contributed by atoms with Crippen molar-refractivity contribution in [3.63, 3.8) is 0 Å². The van der Waals surface area contributed by atoms with Gasteiger partial charge >= 0.3 is 0 Å². The molecule has 2 aliphatic carbocycles. The molecule has 2 saturated carbocycles. The van der Waals surface area contributed by atoms with E-state index in [1.54, 1.807) is 0 Å². The largest absolute Gasteiger partial charge is 0.274 e. The van der Waals surface area contributed by atoms with Crippen LogP contribution in [0.3, 0.4) is 0 Å². The molecule has 6 atom stereocenters. The van der Waals surface area contributed by atoms with Gasteiger partial charge < -0.3 is 0 Å². The van der Waals surface area contributed by atoms with Crippen molar-refractivity contribution in [2.45, 2.75) is 23.0 Å². The number of hydrogen-bond donors (Lipinski definition) is 0. The van der Waals surface area contributed by atoms with Crippen molar-refractivity contribution in [1.29, 1.82) is 0 Å². The fraction of sp³-hybridized carbons (Fsp3) is 0.500. The molecule has 0 spiro atoms. The van der Waals surface area contributed by atoms with Crippen LogP contribution < -0.4 is 4.90 Å². The Kier molecular flexibility index (Phi) is 3.09. The van der Waals surface area contributed by atoms with Crippen molar-refractivity contribution in [2.75, 3.05) is 4.90 Å². The van der Waals surface area contributed by atoms with Crippen LogP contribution in [0.5, 0.6) is 0 Å². The summed E-state index contributed by atoms with van der Waals surface area (Å²) in [4.78, 5) is 27.6. The summed E-state index contributed by atoms with van der Waals surface area (Å²) in [5.41, 5.74) is 1.83. The van der Waals surface area contributed by atoms with Crippen LogP contribution in [0.25, 0.3) is 0 Å². The Morgan fingerprint density at radius 2 is 1.43 bits per heavy atom. The third kappa shape index (κ3) is 1.76. The smallest absolute Gasteiger partial charge is 0.238 e. The van der Waals surface area contributed by atoms with Gasteiger partial charge in [-0.25, -0.2) is 0 Å². The maximum Gasteiger partial charge on any atom is 0.238 e. The highest BCUT2D eigenvalue weighted by Gasteiger charge is 2.66. The lowest BCUT2D eigenvalue weighted by molar-refractivity contribution is -0.123. The molecule has 3 nitrogen and oxygen atoms in total. The number of fused-ring (bicyclic) bond motifs is 5. The molecule has 0 aromatic heterocycles. The van der Waals surface area contributed by atoms with Gasteiger partial charge in [0.25, 0.3) is 0 Å². The van der Waals surface area contributed by atoms with E-state index in [1.807, 2.05) is 31.2 Å². The third-order valence-corrected chi connectivity index (χ3v) is 8.49. The van der Waals surface area contributed by atoms with Crippen LogP contribution >= 0.6 is 31.9 Å². The molecule has 5 heteroatoms. The quantitative estimate of drug-likeness (QED) is 0.524. The number of carbonyl (C=O) groups excluding carboxylic acids is 2. The molecule has 2 amide bonds. The van der Waals surface area contributed by atoms with Crippen LogP contribution in [0, 0.1) is 30.6 Å². The highest BCUT2D eigenvalue weighted by molar-refractivity contribution is 9.12. The molecule has 0 N–H and O–H groups in total. The van der Waals surface area contributed by atoms with E-state index < -0.39 is 0 Å². The lowest BCUT2D eigenvalue weighted by Gasteiger charge is -2.28. The molecule has 3 fully saturated rings. The maximum atomic E-state index is 12.8. The van der Waals surface area contributed by atoms with Gasteiger partial charge in [-0.2, -0.15) is 0 Å². The van der Waals surface area contributed by atoms with Crippen LogP contribution in [0.15, 0.2) is 24.3 Å². The lowest BCUT2D eigenvalue weighted by atomic mass is 9.81. The number of imide groups is 1. The molecule has 4 rings (SSSR count). The number of benzene rings is 1. The van der Waals surface area contributed by atoms with Gasteiger partial charge in [-0.15, -0.1) is 0 Å². The van der Waals surface area contributed by atoms with Crippen molar-refractivity contribution in [3.05, 3.63) is 29.8 Å². The maximum absolute atomic E-state index is 12.8. The first-order valence-electron chi connectivity index (χ1n) is 7.23. The number of anilines is 1. The topological polar surface area (TPSA) is 37.4 Å². The van der Waals surface area contributed by atoms with E-state index in [4.69, 9.17) is 0 Å². The zero-order valence-corrected chi connectivity index (χ0v) is 14.7. The molecule has 110 valence electrons. The van der Waals surface area contributed by atoms with E-state index >= 15 is 0 Å². The molecule has 1 aromatic rings. The first-order chi connectivity index (χ1) is 10.0. The zero-order valence-electron chi connectivity index (χ0n) is 11.5. The summed E-state index contributed by atoms with van der Waals surface area (Å²) >= 11 is 7.40. The molecule has 3 aliphatic rings. The number of halogens is 2. The summed E-state index contributed by atoms with van der Waals surface area (Å²) in [5.74, 6) is 0.256. The van der Waals surface area contributed by atoms with E-state index in [0.29, 0.717) is 15.3 Å². The summed E-state index contributed by atoms with van der Waals surface area (Å²) in [6.45, 7) is 2.00. The van der Waals surface area contributed by atoms with E-state index in [0.717, 1.165) is 12.0 Å². The number of rotatable bonds is 1. The minimum absolute atomic E-state index is 0.00907. The summed E-state index contributed by atoms with van der Waals surface area (Å²) in [5, 5.41) is 0. The van der Waals surface area contributed by atoms with Crippen molar-refractivity contribution < 1.29 is 9.59 Å². The summed E-state index contributed by atoms with van der Waals surface area (Å²) in [6, 6.07) is 7.62. The van der Waals surface area contributed by atoms with Crippen molar-refractivity contribution in [1.82, 2.24) is 0 Å². The standard InChI is InChI=1S/C16H15Br2NO2/c1-7-2-4-8(5-3-7)19-15(20)11-9-6-10(12(11)16(19)21)14(18)13(9)17/h2-5,9-14H,6H2,1H3. The Bertz CT molecular complexity index is 598. The van der Waals surface area contributed by atoms with Crippen LogP contribution in [0.4, 0.5) is 5.69 Å². The molecular weight excluding hydrogens is 398 g/mol. The van der Waals surface area contributed by atoms with Gasteiger partial charge in [0, 0.05) is 9.65 Å². The second kappa shape index (κ2) is 4.66. The Hall–Kier alpha value is -0.680. The van der Waals surface area contributed by atoms with Crippen molar-refractivity contribution in [2.24, 2.45) is 23.7 Å². The predicted molar refractivity (Wildman–Crippen MR) is 87.7 cm³/mol. The number of nitrogens with zero attached hydrogens (tertiary/aromatic N) is 1. The zero-order chi connectivity index (χ0) is 14.9. The monoisotopic (exact) mass is 411 g/mol. The molecule has 1 aliphatic heterocycles. The molecule has 1 heterocycles. The number of amides is 2. The van der Waals surface area contributed by atoms with Crippen LogP contribution in [-0.4, -0.2) is 21.5 Å². The molecular formula is C16H15Br2NO2. The van der Waals surface area contributed by atoms with Gasteiger partial charge in [-0.3, -0.25) is 14.5 Å². The second-order valence-corrected chi connectivity index (χ2v) is 8.47. The van der Waals surface area contributed by atoms with E-state index in [-0.39, 0.29) is 35.5 Å². The highest BCUT2D eigenvalue weighted by atomic mass is 79.9. The molecule has 0 radical (unpaired) electrons. The molecule has 21 heavy (non-hydrogen) atoms. The predicted octanol–water partition coefficient (Wildman–Crippen LogP) is 3.28. The normalized spacial score (nSPS) is 41.0. The van der Waals surface area contributed by atoms with Crippen LogP contribution in [0.1, 0.15) is 12.0 Å². The first-order valence-corrected chi connectivity index (χ1v) is 9.06. The van der Waals surface area contributed by atoms with Crippen LogP contribution in [0.2, 0.25) is 0 Å². The summed E-state index contributed by atoms with van der Waals surface area (Å²) in [7, 11) is 0. The van der Waals surface area contributed by atoms with Gasteiger partial charge in [0.1, 0.15) is 0 Å². The third-order valence-electron chi connectivity index (χ3n) is 5.28. The van der Waals surface area contributed by atoms with Crippen LogP contribution in [-0.2, 0) is 9.59 Å². The molecule has 1 aromatic carbocycles. The minimum atomic E-state index is -0.137. The Morgan fingerprint density at radius 3 is 1.90 bits per heavy atom. The fourth-order valence-electron chi connectivity index (χ4n) is 4.30. The number of aryl methyl sites for hydroxylation is 1. The fourth-order valence-corrected chi connectivity index (χ4v) is 6.17. The number of hydrogen-bond acceptors (Lipinski definition) is 2. The second-order valence-electron chi connectivity index (χ2n) is 6.35. The summed E-state index contributed by atoms with van der Waals surface area (Å²) in [6.07, 6.45) is 0.973. The Balaban J connectivity index is 1.73. The van der Waals surface area contributed by atoms with E-state index in [1.165, 1.54) is 4.90 Å². The summed E-state index contributed by atoms with van der Waals surface area (Å²) < 4.78 is 0. The molecule has 2 bridgehead atoms. The first kappa shape index (κ1) is 13.9. The van der Waals surface area contributed by atoms with Crippen molar-refractivity contribution >= 4 is 49.4 Å². The van der Waals surface area contributed by atoms with Gasteiger partial charge in [0.05, 0.1) is 17.5 Å². The average Bonchev–Trinajstić information content (AvgIpc) is 3.06. The van der Waals surface area contributed by atoms with Gasteiger partial charge in [0.15, 0.2) is 0 Å². The highest BCUT2D eigenvalue weighted by Crippen LogP contribution is 2.60. The molecule has 6 unspecified atom stereocenters. The van der Waals surface area contributed by atoms with E-state index in [9.17, 15) is 9.59 Å². The average molecular weight is 413 g/mol. The molecule has 1 saturated heterocycles. The minimum Gasteiger partial charge on any atom is -0.274 e. The number of carbonyl (C=O) groups is 2. The van der Waals surface area contributed by atoms with E-state index in [2.05, 4.69) is 31.9 Å². The van der Waals surface area contributed by atoms with Crippen molar-refractivity contribution in [3.8, 4) is 0 Å². The lowest BCUT2D eigenvalue weighted by Crippen LogP contribution is -2.37. The Morgan fingerprint density at radius 1 is 0.952 bits per heavy atom. The van der Waals surface area contributed by atoms with Gasteiger partial charge in [0.2, 0.25) is 11.8 Å². The van der Waals surface area contributed by atoms with Gasteiger partial charge in [-0.05, 0) is 37.3 Å². The SMILES string of the molecule is Cc1ccc(N2C(=O)C3C4CC(C(Br)C4Br)C3C2=O)cc1. The number of alkyl halides is 2. The Labute approximate surface area is 140 Å².